The first kappa shape index (κ1) is 15.6. The lowest BCUT2D eigenvalue weighted by molar-refractivity contribution is 0.539. The van der Waals surface area contributed by atoms with Crippen molar-refractivity contribution < 1.29 is 0 Å². The molecule has 0 spiro atoms. The third kappa shape index (κ3) is 4.11. The molecule has 0 aliphatic rings. The Bertz CT molecular complexity index is 524. The highest BCUT2D eigenvalue weighted by atomic mass is 79.9. The third-order valence-corrected chi connectivity index (χ3v) is 4.72. The second kappa shape index (κ2) is 7.86. The van der Waals surface area contributed by atoms with E-state index < -0.39 is 0 Å². The number of aromatic nitrogens is 2. The lowest BCUT2D eigenvalue weighted by atomic mass is 10.3. The van der Waals surface area contributed by atoms with Crippen molar-refractivity contribution in [2.24, 2.45) is 0 Å². The zero-order valence-corrected chi connectivity index (χ0v) is 14.2. The molecule has 1 unspecified atom stereocenters. The number of imidazole rings is 1. The summed E-state index contributed by atoms with van der Waals surface area (Å²) in [7, 11) is 0. The fraction of sp³-hybridized carbons (Fsp3) is 0.400. The molecule has 1 aromatic heterocycles. The van der Waals surface area contributed by atoms with Crippen molar-refractivity contribution in [2.45, 2.75) is 31.3 Å². The van der Waals surface area contributed by atoms with E-state index in [0.29, 0.717) is 0 Å². The van der Waals surface area contributed by atoms with Gasteiger partial charge in [-0.2, -0.15) is 0 Å². The summed E-state index contributed by atoms with van der Waals surface area (Å²) >= 11 is 5.32. The largest absolute Gasteiger partial charge is 0.334 e. The van der Waals surface area contributed by atoms with Gasteiger partial charge in [0.25, 0.3) is 0 Å². The highest BCUT2D eigenvalue weighted by Gasteiger charge is 2.15. The molecular weight excluding hydrogens is 334 g/mol. The van der Waals surface area contributed by atoms with Gasteiger partial charge in [-0.05, 0) is 37.7 Å². The van der Waals surface area contributed by atoms with E-state index in [9.17, 15) is 0 Å². The van der Waals surface area contributed by atoms with E-state index in [1.165, 1.54) is 4.90 Å². The molecular formula is C15H20BrN3S. The van der Waals surface area contributed by atoms with E-state index in [2.05, 4.69) is 68.9 Å². The molecule has 1 aromatic carbocycles. The summed E-state index contributed by atoms with van der Waals surface area (Å²) in [5.41, 5.74) is 0. The molecule has 0 bridgehead atoms. The fourth-order valence-electron chi connectivity index (χ4n) is 2.08. The van der Waals surface area contributed by atoms with Crippen LogP contribution < -0.4 is 5.32 Å². The normalized spacial score (nSPS) is 12.6. The first-order valence-electron chi connectivity index (χ1n) is 6.87. The molecule has 1 N–H and O–H groups in total. The predicted octanol–water partition coefficient (Wildman–Crippen LogP) is 4.11. The maximum absolute atomic E-state index is 4.51. The maximum atomic E-state index is 4.51. The summed E-state index contributed by atoms with van der Waals surface area (Å²) in [4.78, 5) is 5.80. The summed E-state index contributed by atoms with van der Waals surface area (Å²) in [6.45, 7) is 6.19. The Morgan fingerprint density at radius 3 is 2.70 bits per heavy atom. The minimum atomic E-state index is 0.281. The van der Waals surface area contributed by atoms with Crippen LogP contribution in [0.3, 0.4) is 0 Å². The first-order chi connectivity index (χ1) is 9.74. The SMILES string of the molecule is CCNC(CSc1ccc(Br)cc1)c1nccn1CC. The van der Waals surface area contributed by atoms with Gasteiger partial charge >= 0.3 is 0 Å². The number of halogens is 1. The molecule has 0 saturated heterocycles. The number of nitrogens with zero attached hydrogens (tertiary/aromatic N) is 2. The molecule has 0 aliphatic heterocycles. The van der Waals surface area contributed by atoms with Crippen molar-refractivity contribution in [1.82, 2.24) is 14.9 Å². The molecule has 2 aromatic rings. The van der Waals surface area contributed by atoms with Crippen LogP contribution in [0.15, 0.2) is 46.0 Å². The number of hydrogen-bond donors (Lipinski definition) is 1. The Balaban J connectivity index is 2.04. The molecule has 0 amide bonds. The summed E-state index contributed by atoms with van der Waals surface area (Å²) in [5, 5.41) is 3.53. The second-order valence-corrected chi connectivity index (χ2v) is 6.46. The first-order valence-corrected chi connectivity index (χ1v) is 8.65. The smallest absolute Gasteiger partial charge is 0.126 e. The van der Waals surface area contributed by atoms with E-state index in [1.54, 1.807) is 0 Å². The Morgan fingerprint density at radius 1 is 1.30 bits per heavy atom. The minimum absolute atomic E-state index is 0.281. The van der Waals surface area contributed by atoms with Crippen LogP contribution >= 0.6 is 27.7 Å². The Kier molecular flexibility index (Phi) is 6.13. The Labute approximate surface area is 133 Å². The fourth-order valence-corrected chi connectivity index (χ4v) is 3.30. The van der Waals surface area contributed by atoms with E-state index >= 15 is 0 Å². The molecule has 0 fully saturated rings. The lowest BCUT2D eigenvalue weighted by Gasteiger charge is -2.18. The van der Waals surface area contributed by atoms with E-state index in [1.807, 2.05) is 24.2 Å². The van der Waals surface area contributed by atoms with Crippen molar-refractivity contribution >= 4 is 27.7 Å². The van der Waals surface area contributed by atoms with Crippen LogP contribution in [0, 0.1) is 0 Å². The molecule has 0 aliphatic carbocycles. The van der Waals surface area contributed by atoms with Crippen molar-refractivity contribution in [3.63, 3.8) is 0 Å². The van der Waals surface area contributed by atoms with Crippen molar-refractivity contribution in [3.8, 4) is 0 Å². The number of rotatable bonds is 7. The molecule has 3 nitrogen and oxygen atoms in total. The van der Waals surface area contributed by atoms with E-state index in [4.69, 9.17) is 0 Å². The minimum Gasteiger partial charge on any atom is -0.334 e. The molecule has 5 heteroatoms. The van der Waals surface area contributed by atoms with Crippen LogP contribution in [0.1, 0.15) is 25.7 Å². The molecule has 1 atom stereocenters. The van der Waals surface area contributed by atoms with E-state index in [0.717, 1.165) is 29.1 Å². The summed E-state index contributed by atoms with van der Waals surface area (Å²) in [6, 6.07) is 8.73. The topological polar surface area (TPSA) is 29.9 Å². The average molecular weight is 354 g/mol. The zero-order valence-electron chi connectivity index (χ0n) is 11.8. The van der Waals surface area contributed by atoms with Gasteiger partial charge in [-0.1, -0.05) is 22.9 Å². The number of benzene rings is 1. The van der Waals surface area contributed by atoms with Gasteiger partial charge in [0, 0.05) is 34.1 Å². The van der Waals surface area contributed by atoms with Crippen LogP contribution in [0.2, 0.25) is 0 Å². The molecule has 20 heavy (non-hydrogen) atoms. The monoisotopic (exact) mass is 353 g/mol. The quantitative estimate of drug-likeness (QED) is 0.759. The van der Waals surface area contributed by atoms with Gasteiger partial charge in [-0.3, -0.25) is 0 Å². The van der Waals surface area contributed by atoms with Gasteiger partial charge in [-0.15, -0.1) is 11.8 Å². The maximum Gasteiger partial charge on any atom is 0.126 e. The lowest BCUT2D eigenvalue weighted by Crippen LogP contribution is -2.26. The molecule has 1 heterocycles. The standard InChI is InChI=1S/C15H20BrN3S/c1-3-17-14(15-18-9-10-19(15)4-2)11-20-13-7-5-12(16)6-8-13/h5-10,14,17H,3-4,11H2,1-2H3. The van der Waals surface area contributed by atoms with Crippen molar-refractivity contribution in [3.05, 3.63) is 47.0 Å². The van der Waals surface area contributed by atoms with Crippen LogP contribution in [0.5, 0.6) is 0 Å². The Hall–Kier alpha value is -0.780. The molecule has 0 radical (unpaired) electrons. The zero-order chi connectivity index (χ0) is 14.4. The summed E-state index contributed by atoms with van der Waals surface area (Å²) in [5.74, 6) is 2.10. The van der Waals surface area contributed by atoms with Gasteiger partial charge in [0.15, 0.2) is 0 Å². The number of thioether (sulfide) groups is 1. The van der Waals surface area contributed by atoms with Crippen molar-refractivity contribution in [2.75, 3.05) is 12.3 Å². The van der Waals surface area contributed by atoms with Gasteiger partial charge in [0.1, 0.15) is 5.82 Å². The van der Waals surface area contributed by atoms with Gasteiger partial charge in [0.05, 0.1) is 6.04 Å². The molecule has 108 valence electrons. The number of nitrogens with one attached hydrogen (secondary N) is 1. The van der Waals surface area contributed by atoms with Crippen LogP contribution in [-0.2, 0) is 6.54 Å². The van der Waals surface area contributed by atoms with Crippen molar-refractivity contribution in [1.29, 1.82) is 0 Å². The van der Waals surface area contributed by atoms with Gasteiger partial charge in [-0.25, -0.2) is 4.98 Å². The highest BCUT2D eigenvalue weighted by Crippen LogP contribution is 2.25. The van der Waals surface area contributed by atoms with E-state index in [-0.39, 0.29) is 6.04 Å². The second-order valence-electron chi connectivity index (χ2n) is 4.45. The van der Waals surface area contributed by atoms with Gasteiger partial charge in [0.2, 0.25) is 0 Å². The molecule has 2 rings (SSSR count). The molecule has 0 saturated carbocycles. The predicted molar refractivity (Wildman–Crippen MR) is 89.2 cm³/mol. The van der Waals surface area contributed by atoms with Crippen LogP contribution in [0.4, 0.5) is 0 Å². The number of hydrogen-bond acceptors (Lipinski definition) is 3. The number of aryl methyl sites for hydroxylation is 1. The van der Waals surface area contributed by atoms with Gasteiger partial charge < -0.3 is 9.88 Å². The van der Waals surface area contributed by atoms with Crippen LogP contribution in [0.25, 0.3) is 0 Å². The highest BCUT2D eigenvalue weighted by molar-refractivity contribution is 9.10. The summed E-state index contributed by atoms with van der Waals surface area (Å²) < 4.78 is 3.32. The summed E-state index contributed by atoms with van der Waals surface area (Å²) in [6.07, 6.45) is 3.93. The third-order valence-electron chi connectivity index (χ3n) is 3.08. The Morgan fingerprint density at radius 2 is 2.05 bits per heavy atom. The average Bonchev–Trinajstić information content (AvgIpc) is 2.93. The van der Waals surface area contributed by atoms with Crippen LogP contribution in [-0.4, -0.2) is 21.8 Å².